The molecule has 41 heavy (non-hydrogen) atoms. The summed E-state index contributed by atoms with van der Waals surface area (Å²) < 4.78 is 49.2. The molecular formula is C30H31FN4O4S2. The van der Waals surface area contributed by atoms with Crippen LogP contribution in [0.1, 0.15) is 23.9 Å². The van der Waals surface area contributed by atoms with E-state index in [1.807, 2.05) is 37.7 Å². The van der Waals surface area contributed by atoms with E-state index in [0.717, 1.165) is 31.8 Å². The third kappa shape index (κ3) is 6.98. The number of thioether (sulfide) groups is 1. The van der Waals surface area contributed by atoms with Gasteiger partial charge in [0.15, 0.2) is 0 Å². The lowest BCUT2D eigenvalue weighted by molar-refractivity contribution is -0.119. The van der Waals surface area contributed by atoms with Crippen LogP contribution in [-0.2, 0) is 14.8 Å². The molecule has 1 heterocycles. The van der Waals surface area contributed by atoms with Gasteiger partial charge in [-0.05, 0) is 106 Å². The van der Waals surface area contributed by atoms with Gasteiger partial charge in [0.2, 0.25) is 0 Å². The maximum atomic E-state index is 13.7. The molecule has 0 radical (unpaired) electrons. The lowest BCUT2D eigenvalue weighted by Crippen LogP contribution is -2.39. The SMILES string of the molecule is CCOc1ccc(N(CC(=O)N/N=C/c2cc(C)n(-c3ccc(F)cc3)c2C)S(=O)(=O)c2ccc(SC)cc2)cc1. The van der Waals surface area contributed by atoms with Crippen LogP contribution < -0.4 is 14.5 Å². The van der Waals surface area contributed by atoms with Crippen LogP contribution in [0, 0.1) is 19.7 Å². The molecule has 0 spiro atoms. The van der Waals surface area contributed by atoms with Crippen molar-refractivity contribution in [3.05, 3.63) is 102 Å². The van der Waals surface area contributed by atoms with Gasteiger partial charge in [-0.25, -0.2) is 18.2 Å². The predicted octanol–water partition coefficient (Wildman–Crippen LogP) is 5.70. The fraction of sp³-hybridized carbons (Fsp3) is 0.200. The van der Waals surface area contributed by atoms with Gasteiger partial charge < -0.3 is 9.30 Å². The number of nitrogens with one attached hydrogen (secondary N) is 1. The van der Waals surface area contributed by atoms with Crippen LogP contribution in [0.3, 0.4) is 0 Å². The smallest absolute Gasteiger partial charge is 0.264 e. The van der Waals surface area contributed by atoms with Crippen molar-refractivity contribution in [1.29, 1.82) is 0 Å². The van der Waals surface area contributed by atoms with Crippen molar-refractivity contribution in [1.82, 2.24) is 9.99 Å². The zero-order valence-corrected chi connectivity index (χ0v) is 24.8. The predicted molar refractivity (Wildman–Crippen MR) is 161 cm³/mol. The number of aryl methyl sites for hydroxylation is 1. The largest absolute Gasteiger partial charge is 0.494 e. The molecule has 0 saturated carbocycles. The number of aromatic nitrogens is 1. The second-order valence-electron chi connectivity index (χ2n) is 9.05. The number of hydrazone groups is 1. The molecule has 0 aliphatic heterocycles. The molecule has 0 unspecified atom stereocenters. The van der Waals surface area contributed by atoms with E-state index in [2.05, 4.69) is 10.5 Å². The summed E-state index contributed by atoms with van der Waals surface area (Å²) in [4.78, 5) is 14.0. The zero-order valence-electron chi connectivity index (χ0n) is 23.2. The molecule has 1 amide bonds. The summed E-state index contributed by atoms with van der Waals surface area (Å²) in [5.41, 5.74) is 6.05. The topological polar surface area (TPSA) is 93.0 Å². The molecule has 0 bridgehead atoms. The van der Waals surface area contributed by atoms with E-state index >= 15 is 0 Å². The molecule has 4 aromatic rings. The summed E-state index contributed by atoms with van der Waals surface area (Å²) in [6.45, 7) is 5.64. The fourth-order valence-electron chi connectivity index (χ4n) is 4.31. The van der Waals surface area contributed by atoms with Gasteiger partial charge in [0.25, 0.3) is 15.9 Å². The Morgan fingerprint density at radius 2 is 1.71 bits per heavy atom. The molecule has 0 aliphatic rings. The summed E-state index contributed by atoms with van der Waals surface area (Å²) >= 11 is 1.50. The number of benzene rings is 3. The van der Waals surface area contributed by atoms with Gasteiger partial charge in [-0.2, -0.15) is 5.10 Å². The van der Waals surface area contributed by atoms with E-state index in [-0.39, 0.29) is 10.7 Å². The Bertz CT molecular complexity index is 1630. The highest BCUT2D eigenvalue weighted by Crippen LogP contribution is 2.27. The van der Waals surface area contributed by atoms with Crippen LogP contribution in [-0.4, -0.2) is 44.5 Å². The number of rotatable bonds is 11. The molecule has 1 N–H and O–H groups in total. The van der Waals surface area contributed by atoms with Crippen LogP contribution in [0.4, 0.5) is 10.1 Å². The highest BCUT2D eigenvalue weighted by molar-refractivity contribution is 7.98. The lowest BCUT2D eigenvalue weighted by Gasteiger charge is -2.24. The van der Waals surface area contributed by atoms with Crippen molar-refractivity contribution >= 4 is 39.6 Å². The van der Waals surface area contributed by atoms with Crippen molar-refractivity contribution in [3.63, 3.8) is 0 Å². The Morgan fingerprint density at radius 1 is 1.05 bits per heavy atom. The third-order valence-corrected chi connectivity index (χ3v) is 8.85. The first-order valence-corrected chi connectivity index (χ1v) is 15.5. The number of anilines is 1. The number of carbonyl (C=O) groups excluding carboxylic acids is 1. The standard InChI is InChI=1S/C30H31FN4O4S2/c1-5-39-27-12-10-25(11-13-27)34(41(37,38)29-16-14-28(40-4)15-17-29)20-30(36)33-32-19-23-18-21(2)35(22(23)3)26-8-6-24(31)7-9-26/h6-19H,5,20H2,1-4H3,(H,33,36)/b32-19+. The van der Waals surface area contributed by atoms with Crippen molar-refractivity contribution in [3.8, 4) is 11.4 Å². The first-order chi connectivity index (χ1) is 19.6. The molecular weight excluding hydrogens is 563 g/mol. The summed E-state index contributed by atoms with van der Waals surface area (Å²) in [7, 11) is -4.08. The molecule has 0 atom stereocenters. The van der Waals surface area contributed by atoms with Crippen molar-refractivity contribution in [2.45, 2.75) is 30.6 Å². The second kappa shape index (κ2) is 13.0. The van der Waals surface area contributed by atoms with E-state index in [1.54, 1.807) is 48.5 Å². The molecule has 1 aromatic heterocycles. The van der Waals surface area contributed by atoms with Crippen molar-refractivity contribution in [2.75, 3.05) is 23.7 Å². The van der Waals surface area contributed by atoms with Crippen LogP contribution in [0.15, 0.2) is 93.8 Å². The van der Waals surface area contributed by atoms with Gasteiger partial charge in [0, 0.05) is 27.5 Å². The van der Waals surface area contributed by atoms with E-state index < -0.39 is 22.5 Å². The minimum Gasteiger partial charge on any atom is -0.494 e. The molecule has 4 rings (SSSR count). The van der Waals surface area contributed by atoms with E-state index in [9.17, 15) is 17.6 Å². The molecule has 0 fully saturated rings. The fourth-order valence-corrected chi connectivity index (χ4v) is 6.14. The quantitative estimate of drug-likeness (QED) is 0.137. The summed E-state index contributed by atoms with van der Waals surface area (Å²) in [5, 5.41) is 4.09. The van der Waals surface area contributed by atoms with Crippen molar-refractivity contribution < 1.29 is 22.3 Å². The highest BCUT2D eigenvalue weighted by Gasteiger charge is 2.27. The van der Waals surface area contributed by atoms with E-state index in [1.165, 1.54) is 42.2 Å². The third-order valence-electron chi connectivity index (χ3n) is 6.32. The Kier molecular flexibility index (Phi) is 9.51. The first kappa shape index (κ1) is 29.9. The van der Waals surface area contributed by atoms with Crippen LogP contribution in [0.5, 0.6) is 5.75 Å². The average molecular weight is 595 g/mol. The monoisotopic (exact) mass is 594 g/mol. The maximum absolute atomic E-state index is 13.7. The lowest BCUT2D eigenvalue weighted by atomic mass is 10.2. The van der Waals surface area contributed by atoms with Crippen molar-refractivity contribution in [2.24, 2.45) is 5.10 Å². The molecule has 0 aliphatic carbocycles. The van der Waals surface area contributed by atoms with Crippen LogP contribution in [0.2, 0.25) is 0 Å². The van der Waals surface area contributed by atoms with Gasteiger partial charge in [0.1, 0.15) is 18.1 Å². The zero-order chi connectivity index (χ0) is 29.6. The second-order valence-corrected chi connectivity index (χ2v) is 11.8. The minimum absolute atomic E-state index is 0.0636. The Balaban J connectivity index is 1.55. The number of hydrogen-bond donors (Lipinski definition) is 1. The summed E-state index contributed by atoms with van der Waals surface area (Å²) in [6, 6.07) is 21.0. The summed E-state index contributed by atoms with van der Waals surface area (Å²) in [5.74, 6) is -0.351. The molecule has 8 nitrogen and oxygen atoms in total. The average Bonchev–Trinajstić information content (AvgIpc) is 3.25. The number of nitrogens with zero attached hydrogens (tertiary/aromatic N) is 3. The van der Waals surface area contributed by atoms with Gasteiger partial charge in [-0.1, -0.05) is 0 Å². The number of halogens is 1. The highest BCUT2D eigenvalue weighted by atomic mass is 32.2. The summed E-state index contributed by atoms with van der Waals surface area (Å²) in [6.07, 6.45) is 3.40. The number of hydrogen-bond acceptors (Lipinski definition) is 6. The normalized spacial score (nSPS) is 11.5. The Labute approximate surface area is 243 Å². The van der Waals surface area contributed by atoms with Gasteiger partial charge >= 0.3 is 0 Å². The maximum Gasteiger partial charge on any atom is 0.264 e. The van der Waals surface area contributed by atoms with Gasteiger partial charge in [-0.15, -0.1) is 11.8 Å². The number of carbonyl (C=O) groups is 1. The first-order valence-electron chi connectivity index (χ1n) is 12.8. The van der Waals surface area contributed by atoms with Crippen LogP contribution in [0.25, 0.3) is 5.69 Å². The molecule has 11 heteroatoms. The molecule has 214 valence electrons. The van der Waals surface area contributed by atoms with E-state index in [0.29, 0.717) is 18.0 Å². The number of amides is 1. The molecule has 0 saturated heterocycles. The van der Waals surface area contributed by atoms with Gasteiger partial charge in [-0.3, -0.25) is 9.10 Å². The van der Waals surface area contributed by atoms with Gasteiger partial charge in [0.05, 0.1) is 23.4 Å². The molecule has 3 aromatic carbocycles. The Morgan fingerprint density at radius 3 is 2.32 bits per heavy atom. The Hall–Kier alpha value is -4.09. The number of ether oxygens (including phenoxy) is 1. The van der Waals surface area contributed by atoms with E-state index in [4.69, 9.17) is 4.74 Å². The number of sulfonamides is 1. The minimum atomic E-state index is -4.08. The van der Waals surface area contributed by atoms with Crippen LogP contribution >= 0.6 is 11.8 Å².